The van der Waals surface area contributed by atoms with Gasteiger partial charge in [0.05, 0.1) is 17.4 Å². The maximum absolute atomic E-state index is 8.35. The van der Waals surface area contributed by atoms with Crippen LogP contribution in [0.15, 0.2) is 0 Å². The Morgan fingerprint density at radius 2 is 1.00 bits per heavy atom. The topological polar surface area (TPSA) is 80.3 Å². The molecule has 0 heterocycles. The van der Waals surface area contributed by atoms with E-state index in [9.17, 15) is 0 Å². The molecule has 0 unspecified atom stereocenters. The van der Waals surface area contributed by atoms with Gasteiger partial charge in [-0.3, -0.25) is 9.13 Å². The van der Waals surface area contributed by atoms with E-state index in [1.165, 1.54) is 0 Å². The van der Waals surface area contributed by atoms with Gasteiger partial charge >= 0.3 is 17.1 Å². The van der Waals surface area contributed by atoms with E-state index in [-0.39, 0.29) is 17.1 Å². The third kappa shape index (κ3) is 349. The summed E-state index contributed by atoms with van der Waals surface area (Å²) in [5.41, 5.74) is 0. The van der Waals surface area contributed by atoms with E-state index in [0.717, 1.165) is 0 Å². The van der Waals surface area contributed by atoms with Gasteiger partial charge in [-0.2, -0.15) is 0 Å². The van der Waals surface area contributed by atoms with E-state index in [1.54, 1.807) is 0 Å². The summed E-state index contributed by atoms with van der Waals surface area (Å²) in [6, 6.07) is 0. The van der Waals surface area contributed by atoms with Gasteiger partial charge in [0.1, 0.15) is 0 Å². The van der Waals surface area contributed by atoms with Crippen LogP contribution < -0.4 is 9.79 Å². The average Bonchev–Trinajstić information content (AvgIpc) is 1.39. The minimum absolute atomic E-state index is 0. The van der Waals surface area contributed by atoms with Crippen molar-refractivity contribution in [3.63, 3.8) is 0 Å². The van der Waals surface area contributed by atoms with Crippen molar-refractivity contribution >= 4 is 17.4 Å². The van der Waals surface area contributed by atoms with Crippen LogP contribution in [-0.2, 0) is 26.2 Å². The molecule has 0 bridgehead atoms. The summed E-state index contributed by atoms with van der Waals surface area (Å²) >= 11 is 0. The van der Waals surface area contributed by atoms with Gasteiger partial charge in [-0.15, -0.1) is 0 Å². The molecule has 0 saturated carbocycles. The van der Waals surface area contributed by atoms with Crippen LogP contribution in [0.1, 0.15) is 0 Å². The predicted molar refractivity (Wildman–Crippen MR) is 15.2 cm³/mol. The van der Waals surface area contributed by atoms with Gasteiger partial charge in [0.25, 0.3) is 0 Å². The Hall–Kier alpha value is 0.639. The first-order chi connectivity index (χ1) is 2.83. The normalized spacial score (nSPS) is 6.00. The fraction of sp³-hybridized carbons (Fsp3) is 0. The van der Waals surface area contributed by atoms with E-state index in [4.69, 9.17) is 18.9 Å². The SMILES string of the molecule is O=P[O-].O=P[O-].[Cu+2]. The standard InChI is InChI=1S/Cu.2HO2P/c;2*1-3-2/h;2*(H,1,2)/q+2;;/p-2. The van der Waals surface area contributed by atoms with Crippen LogP contribution in [-0.4, -0.2) is 0 Å². The van der Waals surface area contributed by atoms with Crippen molar-refractivity contribution < 1.29 is 36.0 Å². The minimum atomic E-state index is -1.08. The molecule has 0 aromatic heterocycles. The first kappa shape index (κ1) is 15.6. The molecule has 1 radical (unpaired) electrons. The Kier molecular flexibility index (Phi) is 67.7. The van der Waals surface area contributed by atoms with Crippen molar-refractivity contribution in [3.05, 3.63) is 0 Å². The third-order valence-corrected chi connectivity index (χ3v) is 0. The molecule has 45 valence electrons. The summed E-state index contributed by atoms with van der Waals surface area (Å²) in [6.45, 7) is 0. The van der Waals surface area contributed by atoms with E-state index in [1.807, 2.05) is 0 Å². The quantitative estimate of drug-likeness (QED) is 0.366. The molecule has 0 fully saturated rings. The van der Waals surface area contributed by atoms with E-state index in [0.29, 0.717) is 0 Å². The molecule has 0 N–H and O–H groups in total. The molecule has 4 nitrogen and oxygen atoms in total. The van der Waals surface area contributed by atoms with Crippen LogP contribution >= 0.6 is 17.4 Å². The van der Waals surface area contributed by atoms with Crippen molar-refractivity contribution in [1.82, 2.24) is 0 Å². The van der Waals surface area contributed by atoms with Gasteiger partial charge in [0.15, 0.2) is 0 Å². The molecule has 7 heteroatoms. The van der Waals surface area contributed by atoms with Crippen molar-refractivity contribution in [1.29, 1.82) is 0 Å². The van der Waals surface area contributed by atoms with Crippen molar-refractivity contribution in [3.8, 4) is 0 Å². The zero-order valence-corrected chi connectivity index (χ0v) is 5.56. The molecule has 7 heavy (non-hydrogen) atoms. The van der Waals surface area contributed by atoms with Crippen molar-refractivity contribution in [2.75, 3.05) is 0 Å². The van der Waals surface area contributed by atoms with Gasteiger partial charge in [0.2, 0.25) is 0 Å². The summed E-state index contributed by atoms with van der Waals surface area (Å²) in [6.07, 6.45) is 0. The second kappa shape index (κ2) is 30.3. The molecule has 0 aromatic carbocycles. The van der Waals surface area contributed by atoms with Gasteiger partial charge in [-0.05, 0) is 0 Å². The number of rotatable bonds is 0. The molecule has 0 aromatic rings. The van der Waals surface area contributed by atoms with Gasteiger partial charge in [-0.25, -0.2) is 0 Å². The van der Waals surface area contributed by atoms with Crippen molar-refractivity contribution in [2.24, 2.45) is 0 Å². The first-order valence-corrected chi connectivity index (χ1v) is 2.19. The molecule has 0 amide bonds. The van der Waals surface area contributed by atoms with Crippen LogP contribution in [0, 0.1) is 0 Å². The van der Waals surface area contributed by atoms with E-state index in [2.05, 4.69) is 0 Å². The zero-order chi connectivity index (χ0) is 5.41. The Bertz CT molecular complexity index is 30.7. The molecule has 0 atom stereocenters. The smallest absolute Gasteiger partial charge is 0.772 e. The second-order valence-corrected chi connectivity index (χ2v) is 0.447. The number of hydrogen-bond donors (Lipinski definition) is 0. The maximum Gasteiger partial charge on any atom is 2.00 e. The van der Waals surface area contributed by atoms with Crippen LogP contribution in [0.2, 0.25) is 0 Å². The molecule has 0 aliphatic rings. The first-order valence-electron chi connectivity index (χ1n) is 0.730. The van der Waals surface area contributed by atoms with Gasteiger partial charge in [-0.1, -0.05) is 0 Å². The van der Waals surface area contributed by atoms with Crippen LogP contribution in [0.5, 0.6) is 0 Å². The van der Waals surface area contributed by atoms with Gasteiger partial charge < -0.3 is 9.79 Å². The fourth-order valence-electron chi connectivity index (χ4n) is 0. The summed E-state index contributed by atoms with van der Waals surface area (Å²) < 4.78 is 16.7. The fourth-order valence-corrected chi connectivity index (χ4v) is 0. The summed E-state index contributed by atoms with van der Waals surface area (Å²) in [4.78, 5) is 16.7. The Morgan fingerprint density at radius 3 is 1.00 bits per heavy atom. The Morgan fingerprint density at radius 1 is 1.00 bits per heavy atom. The molecule has 0 aliphatic heterocycles. The monoisotopic (exact) mass is 189 g/mol. The number of hydrogen-bond acceptors (Lipinski definition) is 4. The molecule has 0 aliphatic carbocycles. The molecule has 0 saturated heterocycles. The second-order valence-electron chi connectivity index (χ2n) is 0.149. The minimum Gasteiger partial charge on any atom is -0.772 e. The summed E-state index contributed by atoms with van der Waals surface area (Å²) in [5.74, 6) is 0. The summed E-state index contributed by atoms with van der Waals surface area (Å²) in [5, 5.41) is 0. The zero-order valence-electron chi connectivity index (χ0n) is 2.83. The molecule has 0 spiro atoms. The molecule has 0 rings (SSSR count). The summed E-state index contributed by atoms with van der Waals surface area (Å²) in [7, 11) is -2.17. The molecular weight excluding hydrogens is 189 g/mol. The van der Waals surface area contributed by atoms with Crippen molar-refractivity contribution in [2.45, 2.75) is 0 Å². The molecular formula is CuO4P2. The average molecular weight is 189 g/mol. The maximum atomic E-state index is 8.35. The largest absolute Gasteiger partial charge is 2.00 e. The van der Waals surface area contributed by atoms with E-state index < -0.39 is 17.4 Å². The van der Waals surface area contributed by atoms with E-state index >= 15 is 0 Å². The predicted octanol–water partition coefficient (Wildman–Crippen LogP) is -0.896. The van der Waals surface area contributed by atoms with Gasteiger partial charge in [0, 0.05) is 0 Å². The Labute approximate surface area is 54.0 Å². The van der Waals surface area contributed by atoms with Crippen LogP contribution in [0.25, 0.3) is 0 Å². The van der Waals surface area contributed by atoms with Crippen LogP contribution in [0.4, 0.5) is 0 Å². The Balaban J connectivity index is -0.0000000400. The third-order valence-electron chi connectivity index (χ3n) is 0. The van der Waals surface area contributed by atoms with Crippen LogP contribution in [0.3, 0.4) is 0 Å².